The first-order chi connectivity index (χ1) is 11.8. The molecule has 0 radical (unpaired) electrons. The molecule has 0 amide bonds. The van der Waals surface area contributed by atoms with E-state index in [1.165, 1.54) is 103 Å². The molecule has 24 heavy (non-hydrogen) atoms. The van der Waals surface area contributed by atoms with Gasteiger partial charge >= 0.3 is 0 Å². The van der Waals surface area contributed by atoms with Crippen molar-refractivity contribution in [2.45, 2.75) is 116 Å². The van der Waals surface area contributed by atoms with E-state index in [2.05, 4.69) is 24.0 Å². The molecule has 0 spiro atoms. The zero-order valence-electron chi connectivity index (χ0n) is 16.1. The van der Waals surface area contributed by atoms with Gasteiger partial charge in [0.1, 0.15) is 5.84 Å². The molecule has 140 valence electrons. The highest BCUT2D eigenvalue weighted by atomic mass is 16.7. The molecule has 1 heterocycles. The summed E-state index contributed by atoms with van der Waals surface area (Å²) in [7, 11) is 0. The highest BCUT2D eigenvalue weighted by Crippen LogP contribution is 2.14. The van der Waals surface area contributed by atoms with Gasteiger partial charge in [-0.3, -0.25) is 0 Å². The molecule has 0 saturated carbocycles. The summed E-state index contributed by atoms with van der Waals surface area (Å²) < 4.78 is 0. The molecule has 0 saturated heterocycles. The number of hydrogen-bond donors (Lipinski definition) is 1. The lowest BCUT2D eigenvalue weighted by molar-refractivity contribution is 0.177. The lowest BCUT2D eigenvalue weighted by Crippen LogP contribution is -2.15. The Bertz CT molecular complexity index is 339. The molecule has 0 aliphatic carbocycles. The van der Waals surface area contributed by atoms with Crippen LogP contribution in [0.2, 0.25) is 0 Å². The van der Waals surface area contributed by atoms with Gasteiger partial charge in [0.25, 0.3) is 0 Å². The van der Waals surface area contributed by atoms with E-state index in [0.717, 1.165) is 12.3 Å². The average Bonchev–Trinajstić information content (AvgIpc) is 3.00. The first kappa shape index (κ1) is 21.1. The average molecular weight is 337 g/mol. The molecule has 0 atom stereocenters. The van der Waals surface area contributed by atoms with Crippen LogP contribution < -0.4 is 5.48 Å². The third-order valence-corrected chi connectivity index (χ3v) is 4.81. The van der Waals surface area contributed by atoms with E-state index >= 15 is 0 Å². The number of hydroxylamine groups is 1. The molecule has 3 heteroatoms. The topological polar surface area (TPSA) is 33.6 Å². The van der Waals surface area contributed by atoms with Crippen molar-refractivity contribution in [3.8, 4) is 0 Å². The van der Waals surface area contributed by atoms with Crippen LogP contribution in [0.4, 0.5) is 0 Å². The minimum Gasteiger partial charge on any atom is -0.361 e. The lowest BCUT2D eigenvalue weighted by atomic mass is 10.0. The molecule has 0 aromatic heterocycles. The number of nitrogens with zero attached hydrogens (tertiary/aromatic N) is 1. The predicted octanol–water partition coefficient (Wildman–Crippen LogP) is 7.04. The smallest absolute Gasteiger partial charge is 0.240 e. The van der Waals surface area contributed by atoms with E-state index < -0.39 is 0 Å². The maximum absolute atomic E-state index is 5.00. The largest absolute Gasteiger partial charge is 0.361 e. The third kappa shape index (κ3) is 12.4. The van der Waals surface area contributed by atoms with E-state index in [1.807, 2.05) is 0 Å². The second-order valence-electron chi connectivity index (χ2n) is 7.21. The first-order valence-electron chi connectivity index (χ1n) is 10.5. The van der Waals surface area contributed by atoms with Crippen LogP contribution in [0, 0.1) is 0 Å². The monoisotopic (exact) mass is 336 g/mol. The van der Waals surface area contributed by atoms with Gasteiger partial charge in [-0.15, -0.1) is 0 Å². The molecular weight excluding hydrogens is 296 g/mol. The Labute approximate surface area is 150 Å². The van der Waals surface area contributed by atoms with Crippen LogP contribution in [0.15, 0.2) is 17.5 Å². The van der Waals surface area contributed by atoms with Crippen molar-refractivity contribution in [1.82, 2.24) is 5.48 Å². The Morgan fingerprint density at radius 2 is 1.12 bits per heavy atom. The molecule has 0 fully saturated rings. The number of nitrogens with one attached hydrogen (secondary N) is 1. The summed E-state index contributed by atoms with van der Waals surface area (Å²) in [6.07, 6.45) is 23.5. The summed E-state index contributed by atoms with van der Waals surface area (Å²) in [6, 6.07) is 0. The predicted molar refractivity (Wildman–Crippen MR) is 105 cm³/mol. The van der Waals surface area contributed by atoms with Gasteiger partial charge in [0.2, 0.25) is 5.88 Å². The standard InChI is InChI=1S/C21H40N2O/c1-3-4-5-6-7-8-9-10-11-12-13-14-15-16-17-18-19-21-22-20(2)24-23-21/h2-19H2,1H3,(H,22,23). The van der Waals surface area contributed by atoms with E-state index in [4.69, 9.17) is 4.84 Å². The normalized spacial score (nSPS) is 13.7. The molecular formula is C21H40N2O. The molecule has 3 nitrogen and oxygen atoms in total. The van der Waals surface area contributed by atoms with Crippen LogP contribution in [-0.2, 0) is 4.84 Å². The molecule has 0 aromatic carbocycles. The van der Waals surface area contributed by atoms with Crippen LogP contribution in [0.25, 0.3) is 0 Å². The fourth-order valence-electron chi connectivity index (χ4n) is 3.26. The minimum atomic E-state index is 0.487. The fourth-order valence-corrected chi connectivity index (χ4v) is 3.26. The SMILES string of the molecule is C=C1N=C(CCCCCCCCCCCCCCCCCC)NO1. The van der Waals surface area contributed by atoms with E-state index in [0.29, 0.717) is 5.88 Å². The van der Waals surface area contributed by atoms with Gasteiger partial charge in [0.15, 0.2) is 0 Å². The van der Waals surface area contributed by atoms with Crippen molar-refractivity contribution < 1.29 is 4.84 Å². The summed E-state index contributed by atoms with van der Waals surface area (Å²) >= 11 is 0. The Morgan fingerprint density at radius 3 is 1.50 bits per heavy atom. The maximum Gasteiger partial charge on any atom is 0.240 e. The fraction of sp³-hybridized carbons (Fsp3) is 0.857. The van der Waals surface area contributed by atoms with Crippen molar-refractivity contribution in [2.24, 2.45) is 4.99 Å². The van der Waals surface area contributed by atoms with Gasteiger partial charge in [-0.1, -0.05) is 103 Å². The Hall–Kier alpha value is -0.990. The van der Waals surface area contributed by atoms with Gasteiger partial charge in [0, 0.05) is 6.42 Å². The Kier molecular flexibility index (Phi) is 13.6. The number of unbranched alkanes of at least 4 members (excludes halogenated alkanes) is 15. The molecule has 1 aliphatic rings. The molecule has 1 aliphatic heterocycles. The van der Waals surface area contributed by atoms with Crippen molar-refractivity contribution in [1.29, 1.82) is 0 Å². The van der Waals surface area contributed by atoms with Crippen LogP contribution in [-0.4, -0.2) is 5.84 Å². The number of hydrogen-bond acceptors (Lipinski definition) is 3. The van der Waals surface area contributed by atoms with E-state index in [-0.39, 0.29) is 0 Å². The summed E-state index contributed by atoms with van der Waals surface area (Å²) in [6.45, 7) is 5.94. The van der Waals surface area contributed by atoms with Gasteiger partial charge in [-0.05, 0) is 13.0 Å². The molecule has 0 unspecified atom stereocenters. The summed E-state index contributed by atoms with van der Waals surface area (Å²) in [5.74, 6) is 1.42. The van der Waals surface area contributed by atoms with Gasteiger partial charge in [-0.2, -0.15) is 4.99 Å². The highest BCUT2D eigenvalue weighted by Gasteiger charge is 2.08. The molecule has 0 bridgehead atoms. The quantitative estimate of drug-likeness (QED) is 0.289. The Balaban J connectivity index is 1.69. The lowest BCUT2D eigenvalue weighted by Gasteiger charge is -2.04. The first-order valence-corrected chi connectivity index (χ1v) is 10.5. The van der Waals surface area contributed by atoms with Gasteiger partial charge < -0.3 is 4.84 Å². The molecule has 0 aromatic rings. The van der Waals surface area contributed by atoms with Crippen molar-refractivity contribution in [3.63, 3.8) is 0 Å². The summed E-state index contributed by atoms with van der Waals surface area (Å²) in [4.78, 5) is 9.18. The van der Waals surface area contributed by atoms with Crippen LogP contribution in [0.1, 0.15) is 116 Å². The van der Waals surface area contributed by atoms with Crippen LogP contribution in [0.3, 0.4) is 0 Å². The second kappa shape index (κ2) is 15.5. The zero-order chi connectivity index (χ0) is 17.3. The van der Waals surface area contributed by atoms with Crippen LogP contribution >= 0.6 is 0 Å². The number of amidine groups is 1. The molecule has 1 rings (SSSR count). The van der Waals surface area contributed by atoms with E-state index in [1.54, 1.807) is 0 Å². The van der Waals surface area contributed by atoms with Crippen molar-refractivity contribution in [3.05, 3.63) is 12.5 Å². The minimum absolute atomic E-state index is 0.487. The third-order valence-electron chi connectivity index (χ3n) is 4.81. The van der Waals surface area contributed by atoms with Crippen LogP contribution in [0.5, 0.6) is 0 Å². The van der Waals surface area contributed by atoms with Gasteiger partial charge in [-0.25, -0.2) is 5.48 Å². The highest BCUT2D eigenvalue weighted by molar-refractivity contribution is 5.83. The van der Waals surface area contributed by atoms with Gasteiger partial charge in [0.05, 0.1) is 0 Å². The second-order valence-corrected chi connectivity index (χ2v) is 7.21. The van der Waals surface area contributed by atoms with E-state index in [9.17, 15) is 0 Å². The number of rotatable bonds is 17. The Morgan fingerprint density at radius 1 is 0.708 bits per heavy atom. The molecule has 1 N–H and O–H groups in total. The summed E-state index contributed by atoms with van der Waals surface area (Å²) in [5.41, 5.74) is 2.81. The maximum atomic E-state index is 5.00. The zero-order valence-corrected chi connectivity index (χ0v) is 16.1. The van der Waals surface area contributed by atoms with Crippen molar-refractivity contribution >= 4 is 5.84 Å². The van der Waals surface area contributed by atoms with Crippen molar-refractivity contribution in [2.75, 3.05) is 0 Å². The number of aliphatic imine (C=N–C) groups is 1. The summed E-state index contributed by atoms with van der Waals surface area (Å²) in [5, 5.41) is 0.